The van der Waals surface area contributed by atoms with E-state index in [4.69, 9.17) is 13.1 Å². The standard InChI is InChI=1S/C15H8N4/c1-16-12-8-14-15(9-13(12)17-2)19(10-18-14)11-6-4-3-5-7-11/h3-10H. The highest BCUT2D eigenvalue weighted by Crippen LogP contribution is 2.33. The molecule has 0 spiro atoms. The topological polar surface area (TPSA) is 26.5 Å². The van der Waals surface area contributed by atoms with E-state index in [-0.39, 0.29) is 0 Å². The molecule has 0 bridgehead atoms. The summed E-state index contributed by atoms with van der Waals surface area (Å²) >= 11 is 0. The van der Waals surface area contributed by atoms with Crippen molar-refractivity contribution in [2.24, 2.45) is 0 Å². The Morgan fingerprint density at radius 3 is 2.32 bits per heavy atom. The molecule has 0 aliphatic heterocycles. The maximum Gasteiger partial charge on any atom is 0.196 e. The number of fused-ring (bicyclic) bond motifs is 1. The van der Waals surface area contributed by atoms with Gasteiger partial charge >= 0.3 is 0 Å². The van der Waals surface area contributed by atoms with Crippen LogP contribution in [0.2, 0.25) is 0 Å². The Morgan fingerprint density at radius 1 is 0.947 bits per heavy atom. The van der Waals surface area contributed by atoms with Crippen LogP contribution in [0.3, 0.4) is 0 Å². The SMILES string of the molecule is [C-]#[N+]c1cc2ncn(-c3ccccc3)c2cc1[N+]#[C-]. The van der Waals surface area contributed by atoms with E-state index < -0.39 is 0 Å². The Balaban J connectivity index is 2.31. The molecule has 4 heteroatoms. The molecule has 1 heterocycles. The predicted octanol–water partition coefficient (Wildman–Crippen LogP) is 4.13. The Morgan fingerprint density at radius 2 is 1.63 bits per heavy atom. The largest absolute Gasteiger partial charge is 0.300 e. The van der Waals surface area contributed by atoms with Crippen molar-refractivity contribution in [1.82, 2.24) is 9.55 Å². The Labute approximate surface area is 110 Å². The van der Waals surface area contributed by atoms with E-state index in [0.717, 1.165) is 16.7 Å². The van der Waals surface area contributed by atoms with Gasteiger partial charge in [-0.2, -0.15) is 0 Å². The van der Waals surface area contributed by atoms with E-state index >= 15 is 0 Å². The molecule has 0 aliphatic rings. The molecule has 4 nitrogen and oxygen atoms in total. The normalized spacial score (nSPS) is 10.0. The molecule has 0 fully saturated rings. The molecule has 88 valence electrons. The van der Waals surface area contributed by atoms with Crippen molar-refractivity contribution in [3.63, 3.8) is 0 Å². The lowest BCUT2D eigenvalue weighted by molar-refractivity contribution is 1.09. The minimum atomic E-state index is 0.348. The summed E-state index contributed by atoms with van der Waals surface area (Å²) in [5, 5.41) is 0. The van der Waals surface area contributed by atoms with Crippen molar-refractivity contribution >= 4 is 22.4 Å². The van der Waals surface area contributed by atoms with Crippen molar-refractivity contribution < 1.29 is 0 Å². The number of para-hydroxylation sites is 1. The highest BCUT2D eigenvalue weighted by Gasteiger charge is 2.10. The van der Waals surface area contributed by atoms with Crippen molar-refractivity contribution in [2.75, 3.05) is 0 Å². The van der Waals surface area contributed by atoms with Crippen LogP contribution in [0.4, 0.5) is 11.4 Å². The summed E-state index contributed by atoms with van der Waals surface area (Å²) in [4.78, 5) is 11.1. The lowest BCUT2D eigenvalue weighted by Gasteiger charge is -2.04. The lowest BCUT2D eigenvalue weighted by Crippen LogP contribution is -1.90. The maximum atomic E-state index is 7.14. The highest BCUT2D eigenvalue weighted by molar-refractivity contribution is 5.89. The number of rotatable bonds is 1. The van der Waals surface area contributed by atoms with Crippen molar-refractivity contribution in [3.05, 3.63) is 71.6 Å². The molecule has 1 aromatic heterocycles. The molecule has 0 saturated carbocycles. The summed E-state index contributed by atoms with van der Waals surface area (Å²) in [5.74, 6) is 0. The van der Waals surface area contributed by atoms with Gasteiger partial charge in [0, 0.05) is 5.69 Å². The third kappa shape index (κ3) is 1.72. The third-order valence-corrected chi connectivity index (χ3v) is 2.92. The van der Waals surface area contributed by atoms with Crippen molar-refractivity contribution in [3.8, 4) is 5.69 Å². The molecule has 3 rings (SSSR count). The van der Waals surface area contributed by atoms with Crippen LogP contribution < -0.4 is 0 Å². The number of aromatic nitrogens is 2. The molecule has 0 unspecified atom stereocenters. The first-order chi connectivity index (χ1) is 9.33. The summed E-state index contributed by atoms with van der Waals surface area (Å²) in [5.41, 5.74) is 3.25. The Kier molecular flexibility index (Phi) is 2.48. The summed E-state index contributed by atoms with van der Waals surface area (Å²) in [6.07, 6.45) is 1.71. The van der Waals surface area contributed by atoms with Crippen molar-refractivity contribution in [1.29, 1.82) is 0 Å². The number of hydrogen-bond donors (Lipinski definition) is 0. The number of imidazole rings is 1. The van der Waals surface area contributed by atoms with E-state index in [1.807, 2.05) is 34.9 Å². The second kappa shape index (κ2) is 4.29. The summed E-state index contributed by atoms with van der Waals surface area (Å²) in [6.45, 7) is 14.2. The first-order valence-electron chi connectivity index (χ1n) is 5.65. The fraction of sp³-hybridized carbons (Fsp3) is 0. The molecule has 2 aromatic carbocycles. The number of benzene rings is 2. The fourth-order valence-electron chi connectivity index (χ4n) is 2.01. The van der Waals surface area contributed by atoms with Crippen LogP contribution in [0.5, 0.6) is 0 Å². The molecular formula is C15H8N4. The molecule has 0 atom stereocenters. The average molecular weight is 244 g/mol. The average Bonchev–Trinajstić information content (AvgIpc) is 2.89. The smallest absolute Gasteiger partial charge is 0.196 e. The van der Waals surface area contributed by atoms with Gasteiger partial charge < -0.3 is 4.57 Å². The molecule has 0 aliphatic carbocycles. The monoisotopic (exact) mass is 244 g/mol. The third-order valence-electron chi connectivity index (χ3n) is 2.92. The zero-order valence-electron chi connectivity index (χ0n) is 9.91. The van der Waals surface area contributed by atoms with Gasteiger partial charge in [-0.25, -0.2) is 4.98 Å². The summed E-state index contributed by atoms with van der Waals surface area (Å²) in [7, 11) is 0. The summed E-state index contributed by atoms with van der Waals surface area (Å²) < 4.78 is 1.91. The second-order valence-electron chi connectivity index (χ2n) is 4.00. The van der Waals surface area contributed by atoms with Gasteiger partial charge in [-0.3, -0.25) is 9.69 Å². The maximum absolute atomic E-state index is 7.14. The number of nitrogens with zero attached hydrogens (tertiary/aromatic N) is 4. The number of hydrogen-bond acceptors (Lipinski definition) is 1. The zero-order valence-corrected chi connectivity index (χ0v) is 9.91. The van der Waals surface area contributed by atoms with Crippen LogP contribution in [0.1, 0.15) is 0 Å². The second-order valence-corrected chi connectivity index (χ2v) is 4.00. The summed E-state index contributed by atoms with van der Waals surface area (Å²) in [6, 6.07) is 13.2. The van der Waals surface area contributed by atoms with Gasteiger partial charge in [0.15, 0.2) is 11.4 Å². The predicted molar refractivity (Wildman–Crippen MR) is 73.6 cm³/mol. The lowest BCUT2D eigenvalue weighted by atomic mass is 10.2. The molecule has 19 heavy (non-hydrogen) atoms. The first kappa shape index (κ1) is 11.0. The van der Waals surface area contributed by atoms with E-state index in [0.29, 0.717) is 11.4 Å². The Bertz CT molecular complexity index is 832. The van der Waals surface area contributed by atoms with Gasteiger partial charge in [-0.1, -0.05) is 18.2 Å². The Hall–Kier alpha value is -3.11. The minimum Gasteiger partial charge on any atom is -0.300 e. The minimum absolute atomic E-state index is 0.348. The van der Waals surface area contributed by atoms with E-state index in [1.54, 1.807) is 18.5 Å². The van der Waals surface area contributed by atoms with Gasteiger partial charge in [-0.05, 0) is 24.3 Å². The van der Waals surface area contributed by atoms with Gasteiger partial charge in [0.1, 0.15) is 6.33 Å². The van der Waals surface area contributed by atoms with Crippen molar-refractivity contribution in [2.45, 2.75) is 0 Å². The van der Waals surface area contributed by atoms with Crippen LogP contribution in [-0.4, -0.2) is 9.55 Å². The molecular weight excluding hydrogens is 236 g/mol. The van der Waals surface area contributed by atoms with E-state index in [2.05, 4.69) is 14.7 Å². The molecule has 0 saturated heterocycles. The van der Waals surface area contributed by atoms with Crippen LogP contribution in [-0.2, 0) is 0 Å². The highest BCUT2D eigenvalue weighted by atomic mass is 15.0. The quantitative estimate of drug-likeness (QED) is 0.591. The zero-order chi connectivity index (χ0) is 13.2. The molecule has 0 amide bonds. The molecule has 0 radical (unpaired) electrons. The molecule has 0 N–H and O–H groups in total. The van der Waals surface area contributed by atoms with Crippen LogP contribution in [0.15, 0.2) is 48.8 Å². The van der Waals surface area contributed by atoms with Gasteiger partial charge in [0.25, 0.3) is 0 Å². The van der Waals surface area contributed by atoms with Gasteiger partial charge in [-0.15, -0.1) is 0 Å². The van der Waals surface area contributed by atoms with E-state index in [1.165, 1.54) is 0 Å². The van der Waals surface area contributed by atoms with Gasteiger partial charge in [0.05, 0.1) is 24.2 Å². The van der Waals surface area contributed by atoms with Crippen LogP contribution in [0, 0.1) is 13.1 Å². The van der Waals surface area contributed by atoms with Gasteiger partial charge in [0.2, 0.25) is 0 Å². The fourth-order valence-corrected chi connectivity index (χ4v) is 2.01. The molecule has 3 aromatic rings. The van der Waals surface area contributed by atoms with Crippen LogP contribution in [0.25, 0.3) is 26.4 Å². The van der Waals surface area contributed by atoms with E-state index in [9.17, 15) is 0 Å². The van der Waals surface area contributed by atoms with Crippen LogP contribution >= 0.6 is 0 Å². The first-order valence-corrected chi connectivity index (χ1v) is 5.65.